The molecule has 4 unspecified atom stereocenters. The van der Waals surface area contributed by atoms with E-state index in [2.05, 4.69) is 48.5 Å². The van der Waals surface area contributed by atoms with Gasteiger partial charge in [0.1, 0.15) is 0 Å². The summed E-state index contributed by atoms with van der Waals surface area (Å²) in [5.41, 5.74) is 6.29. The van der Waals surface area contributed by atoms with Gasteiger partial charge in [-0.3, -0.25) is 0 Å². The zero-order chi connectivity index (χ0) is 13.1. The Morgan fingerprint density at radius 1 is 1.39 bits per heavy atom. The Hall–Kier alpha value is -0.580. The number of hydrazine groups is 1. The minimum atomic E-state index is 0.316. The second-order valence-electron chi connectivity index (χ2n) is 5.74. The topological polar surface area (TPSA) is 44.5 Å². The average Bonchev–Trinajstić information content (AvgIpc) is 2.72. The van der Waals surface area contributed by atoms with Crippen LogP contribution in [0, 0.1) is 5.92 Å². The van der Waals surface area contributed by atoms with Crippen LogP contribution in [0.3, 0.4) is 0 Å². The standard InChI is InChI=1S/C14H28N4/c1-4-18-9-8-12(17(18)3)10-16-13-7-5-6-11(2)14(13)15/h8-9,11-14,16H,4-7,10,15H2,1-3H3. The highest BCUT2D eigenvalue weighted by atomic mass is 15.6. The summed E-state index contributed by atoms with van der Waals surface area (Å²) in [5.74, 6) is 0.653. The van der Waals surface area contributed by atoms with Crippen molar-refractivity contribution >= 4 is 0 Å². The van der Waals surface area contributed by atoms with Crippen LogP contribution in [0.2, 0.25) is 0 Å². The van der Waals surface area contributed by atoms with Gasteiger partial charge in [0.15, 0.2) is 0 Å². The van der Waals surface area contributed by atoms with Gasteiger partial charge in [0, 0.05) is 38.4 Å². The Morgan fingerprint density at radius 2 is 2.17 bits per heavy atom. The number of rotatable bonds is 4. The van der Waals surface area contributed by atoms with Crippen molar-refractivity contribution in [3.8, 4) is 0 Å². The number of hydrogen-bond donors (Lipinski definition) is 2. The smallest absolute Gasteiger partial charge is 0.0612 e. The van der Waals surface area contributed by atoms with E-state index < -0.39 is 0 Å². The summed E-state index contributed by atoms with van der Waals surface area (Å²) in [6.45, 7) is 6.48. The second-order valence-corrected chi connectivity index (χ2v) is 5.74. The van der Waals surface area contributed by atoms with Gasteiger partial charge in [0.05, 0.1) is 6.04 Å². The molecule has 1 heterocycles. The van der Waals surface area contributed by atoms with E-state index in [1.54, 1.807) is 0 Å². The van der Waals surface area contributed by atoms with Crippen LogP contribution in [0.25, 0.3) is 0 Å². The Labute approximate surface area is 111 Å². The minimum Gasteiger partial charge on any atom is -0.326 e. The van der Waals surface area contributed by atoms with Gasteiger partial charge in [0.2, 0.25) is 0 Å². The Balaban J connectivity index is 1.80. The third kappa shape index (κ3) is 2.87. The molecule has 1 aliphatic carbocycles. The summed E-state index contributed by atoms with van der Waals surface area (Å²) in [5, 5.41) is 8.22. The van der Waals surface area contributed by atoms with E-state index in [4.69, 9.17) is 5.73 Å². The van der Waals surface area contributed by atoms with E-state index in [-0.39, 0.29) is 0 Å². The summed E-state index contributed by atoms with van der Waals surface area (Å²) in [4.78, 5) is 0. The molecule has 0 saturated heterocycles. The zero-order valence-corrected chi connectivity index (χ0v) is 12.0. The lowest BCUT2D eigenvalue weighted by molar-refractivity contribution is 0.0495. The molecule has 0 spiro atoms. The molecule has 1 aliphatic heterocycles. The monoisotopic (exact) mass is 252 g/mol. The van der Waals surface area contributed by atoms with E-state index in [9.17, 15) is 0 Å². The number of hydrogen-bond acceptors (Lipinski definition) is 4. The molecule has 1 fully saturated rings. The Kier molecular flexibility index (Phi) is 4.65. The molecule has 4 heteroatoms. The van der Waals surface area contributed by atoms with Crippen molar-refractivity contribution in [2.45, 2.75) is 51.2 Å². The molecule has 1 saturated carbocycles. The maximum Gasteiger partial charge on any atom is 0.0612 e. The highest BCUT2D eigenvalue weighted by Gasteiger charge is 2.29. The molecule has 4 atom stereocenters. The average molecular weight is 252 g/mol. The van der Waals surface area contributed by atoms with Gasteiger partial charge >= 0.3 is 0 Å². The van der Waals surface area contributed by atoms with Crippen LogP contribution in [0.15, 0.2) is 12.3 Å². The number of likely N-dealkylation sites (N-methyl/N-ethyl adjacent to an activating group) is 1. The van der Waals surface area contributed by atoms with Gasteiger partial charge in [-0.2, -0.15) is 0 Å². The summed E-state index contributed by atoms with van der Waals surface area (Å²) >= 11 is 0. The molecular weight excluding hydrogens is 224 g/mol. The van der Waals surface area contributed by atoms with Gasteiger partial charge in [-0.15, -0.1) is 0 Å². The molecule has 18 heavy (non-hydrogen) atoms. The fourth-order valence-corrected chi connectivity index (χ4v) is 3.10. The minimum absolute atomic E-state index is 0.316. The van der Waals surface area contributed by atoms with Gasteiger partial charge in [-0.25, -0.2) is 5.01 Å². The number of nitrogens with one attached hydrogen (secondary N) is 1. The lowest BCUT2D eigenvalue weighted by Gasteiger charge is -2.36. The maximum atomic E-state index is 6.29. The van der Waals surface area contributed by atoms with Crippen LogP contribution in [0.5, 0.6) is 0 Å². The first kappa shape index (κ1) is 13.8. The molecule has 2 aliphatic rings. The van der Waals surface area contributed by atoms with Crippen LogP contribution >= 0.6 is 0 Å². The van der Waals surface area contributed by atoms with Crippen molar-refractivity contribution in [2.24, 2.45) is 11.7 Å². The fourth-order valence-electron chi connectivity index (χ4n) is 3.10. The highest BCUT2D eigenvalue weighted by molar-refractivity contribution is 5.01. The predicted molar refractivity (Wildman–Crippen MR) is 75.9 cm³/mol. The predicted octanol–water partition coefficient (Wildman–Crippen LogP) is 1.16. The van der Waals surface area contributed by atoms with Crippen LogP contribution in [-0.2, 0) is 0 Å². The van der Waals surface area contributed by atoms with E-state index in [0.717, 1.165) is 13.1 Å². The summed E-state index contributed by atoms with van der Waals surface area (Å²) in [6.07, 6.45) is 8.27. The van der Waals surface area contributed by atoms with Crippen molar-refractivity contribution in [3.05, 3.63) is 12.3 Å². The summed E-state index contributed by atoms with van der Waals surface area (Å²) in [6, 6.07) is 1.28. The van der Waals surface area contributed by atoms with Gasteiger partial charge in [0.25, 0.3) is 0 Å². The third-order valence-electron chi connectivity index (χ3n) is 4.57. The van der Waals surface area contributed by atoms with E-state index in [1.165, 1.54) is 19.3 Å². The van der Waals surface area contributed by atoms with E-state index in [0.29, 0.717) is 24.0 Å². The molecule has 2 rings (SSSR count). The van der Waals surface area contributed by atoms with Gasteiger partial charge in [-0.05, 0) is 31.8 Å². The maximum absolute atomic E-state index is 6.29. The van der Waals surface area contributed by atoms with Gasteiger partial charge in [-0.1, -0.05) is 13.3 Å². The second kappa shape index (κ2) is 6.04. The van der Waals surface area contributed by atoms with E-state index in [1.807, 2.05) is 0 Å². The van der Waals surface area contributed by atoms with Crippen LogP contribution in [0.4, 0.5) is 0 Å². The molecule has 0 amide bonds. The van der Waals surface area contributed by atoms with Crippen LogP contribution in [-0.4, -0.2) is 48.3 Å². The molecule has 0 aromatic carbocycles. The first-order valence-corrected chi connectivity index (χ1v) is 7.30. The van der Waals surface area contributed by atoms with Crippen molar-refractivity contribution < 1.29 is 0 Å². The number of nitrogens with two attached hydrogens (primary N) is 1. The molecule has 0 aromatic rings. The SMILES string of the molecule is CCN1C=CC(CNC2CCCC(C)C2N)N1C. The quantitative estimate of drug-likeness (QED) is 0.788. The molecule has 0 bridgehead atoms. The lowest BCUT2D eigenvalue weighted by Crippen LogP contribution is -2.54. The molecular formula is C14H28N4. The normalized spacial score (nSPS) is 37.4. The van der Waals surface area contributed by atoms with Crippen molar-refractivity contribution in [1.82, 2.24) is 15.3 Å². The molecule has 0 radical (unpaired) electrons. The third-order valence-corrected chi connectivity index (χ3v) is 4.57. The first-order chi connectivity index (χ1) is 8.63. The van der Waals surface area contributed by atoms with Crippen LogP contribution in [0.1, 0.15) is 33.1 Å². The van der Waals surface area contributed by atoms with Crippen LogP contribution < -0.4 is 11.1 Å². The van der Waals surface area contributed by atoms with Crippen molar-refractivity contribution in [2.75, 3.05) is 20.1 Å². The molecule has 3 N–H and O–H groups in total. The zero-order valence-electron chi connectivity index (χ0n) is 12.0. The lowest BCUT2D eigenvalue weighted by atomic mass is 9.82. The number of nitrogens with zero attached hydrogens (tertiary/aromatic N) is 2. The fraction of sp³-hybridized carbons (Fsp3) is 0.857. The Bertz CT molecular complexity index is 292. The molecule has 0 aromatic heterocycles. The van der Waals surface area contributed by atoms with Gasteiger partial charge < -0.3 is 16.1 Å². The molecule has 104 valence electrons. The van der Waals surface area contributed by atoms with Crippen molar-refractivity contribution in [1.29, 1.82) is 0 Å². The largest absolute Gasteiger partial charge is 0.326 e. The van der Waals surface area contributed by atoms with Crippen molar-refractivity contribution in [3.63, 3.8) is 0 Å². The highest BCUT2D eigenvalue weighted by Crippen LogP contribution is 2.23. The Morgan fingerprint density at radius 3 is 2.83 bits per heavy atom. The summed E-state index contributed by atoms with van der Waals surface area (Å²) < 4.78 is 0. The summed E-state index contributed by atoms with van der Waals surface area (Å²) in [7, 11) is 2.15. The van der Waals surface area contributed by atoms with E-state index >= 15 is 0 Å². The molecule has 4 nitrogen and oxygen atoms in total. The first-order valence-electron chi connectivity index (χ1n) is 7.30.